The number of para-hydroxylation sites is 1. The van der Waals surface area contributed by atoms with E-state index in [-0.39, 0.29) is 24.3 Å². The van der Waals surface area contributed by atoms with Crippen LogP contribution in [0.5, 0.6) is 0 Å². The van der Waals surface area contributed by atoms with Crippen molar-refractivity contribution in [3.8, 4) is 0 Å². The summed E-state index contributed by atoms with van der Waals surface area (Å²) in [6, 6.07) is 9.59. The molecule has 1 aliphatic heterocycles. The lowest BCUT2D eigenvalue weighted by atomic mass is 9.73. The minimum Gasteiger partial charge on any atom is -0.375 e. The van der Waals surface area contributed by atoms with E-state index in [1.807, 2.05) is 44.3 Å². The molecule has 0 bridgehead atoms. The molecular weight excluding hydrogens is 356 g/mol. The Morgan fingerprint density at radius 1 is 1.29 bits per heavy atom. The Bertz CT molecular complexity index is 724. The molecule has 1 spiro atoms. The third-order valence-corrected chi connectivity index (χ3v) is 5.99. The van der Waals surface area contributed by atoms with Gasteiger partial charge in [0.1, 0.15) is 12.1 Å². The Hall–Kier alpha value is -2.57. The van der Waals surface area contributed by atoms with Crippen molar-refractivity contribution >= 4 is 23.5 Å². The average molecular weight is 386 g/mol. The van der Waals surface area contributed by atoms with Gasteiger partial charge in [-0.2, -0.15) is 0 Å². The van der Waals surface area contributed by atoms with Crippen LogP contribution >= 0.6 is 0 Å². The predicted octanol–water partition coefficient (Wildman–Crippen LogP) is 2.13. The highest BCUT2D eigenvalue weighted by Crippen LogP contribution is 2.38. The topological polar surface area (TPSA) is 81.8 Å². The third kappa shape index (κ3) is 4.13. The molecule has 2 N–H and O–H groups in total. The molecule has 1 aromatic rings. The van der Waals surface area contributed by atoms with Crippen LogP contribution < -0.4 is 15.5 Å². The number of carbonyl (C=O) groups is 3. The summed E-state index contributed by atoms with van der Waals surface area (Å²) in [5.41, 5.74) is 0.314. The van der Waals surface area contributed by atoms with Crippen molar-refractivity contribution in [3.05, 3.63) is 30.3 Å². The van der Waals surface area contributed by atoms with Crippen molar-refractivity contribution < 1.29 is 14.4 Å². The standard InChI is InChI=1S/C21H30N4O3/c1-16-9-6-7-12-21(16)19(27)25(20(28)23-21)15-18(26)22-13-8-14-24(2)17-10-4-3-5-11-17/h3-5,10-11,16H,6-9,12-15H2,1-2H3,(H,22,26)(H,23,28)/t16-,21-/m0/s1. The number of anilines is 1. The van der Waals surface area contributed by atoms with Gasteiger partial charge in [-0.1, -0.05) is 38.0 Å². The van der Waals surface area contributed by atoms with Gasteiger partial charge >= 0.3 is 6.03 Å². The minimum atomic E-state index is -0.811. The Morgan fingerprint density at radius 3 is 2.75 bits per heavy atom. The van der Waals surface area contributed by atoms with Gasteiger partial charge in [-0.3, -0.25) is 14.5 Å². The second-order valence-corrected chi connectivity index (χ2v) is 7.90. The average Bonchev–Trinajstić information content (AvgIpc) is 2.93. The maximum Gasteiger partial charge on any atom is 0.325 e. The Balaban J connectivity index is 1.44. The number of nitrogens with one attached hydrogen (secondary N) is 2. The van der Waals surface area contributed by atoms with Crippen LogP contribution in [0.1, 0.15) is 39.0 Å². The summed E-state index contributed by atoms with van der Waals surface area (Å²) in [7, 11) is 2.01. The van der Waals surface area contributed by atoms with Gasteiger partial charge in [-0.25, -0.2) is 4.79 Å². The van der Waals surface area contributed by atoms with Crippen molar-refractivity contribution in [3.63, 3.8) is 0 Å². The summed E-state index contributed by atoms with van der Waals surface area (Å²) in [5, 5.41) is 5.70. The first-order chi connectivity index (χ1) is 13.4. The number of rotatable bonds is 7. The molecule has 7 nitrogen and oxygen atoms in total. The molecule has 2 fully saturated rings. The molecule has 1 saturated carbocycles. The molecule has 1 saturated heterocycles. The molecule has 4 amide bonds. The molecule has 3 rings (SSSR count). The molecule has 2 aliphatic rings. The van der Waals surface area contributed by atoms with E-state index in [1.54, 1.807) is 0 Å². The fourth-order valence-corrected chi connectivity index (χ4v) is 4.19. The first-order valence-corrected chi connectivity index (χ1v) is 10.1. The molecular formula is C21H30N4O3. The Kier molecular flexibility index (Phi) is 6.21. The number of imide groups is 1. The largest absolute Gasteiger partial charge is 0.375 e. The van der Waals surface area contributed by atoms with Crippen molar-refractivity contribution in [2.45, 2.75) is 44.6 Å². The summed E-state index contributed by atoms with van der Waals surface area (Å²) in [5.74, 6) is -0.450. The molecule has 0 aromatic heterocycles. The number of hydrogen-bond acceptors (Lipinski definition) is 4. The van der Waals surface area contributed by atoms with Gasteiger partial charge in [0.2, 0.25) is 5.91 Å². The molecule has 1 heterocycles. The number of carbonyl (C=O) groups excluding carboxylic acids is 3. The highest BCUT2D eigenvalue weighted by Gasteiger charge is 2.55. The van der Waals surface area contributed by atoms with Gasteiger partial charge in [0.15, 0.2) is 0 Å². The highest BCUT2D eigenvalue weighted by atomic mass is 16.2. The molecule has 152 valence electrons. The van der Waals surface area contributed by atoms with E-state index < -0.39 is 11.6 Å². The van der Waals surface area contributed by atoms with Crippen LogP contribution in [0.4, 0.5) is 10.5 Å². The number of benzene rings is 1. The van der Waals surface area contributed by atoms with Gasteiger partial charge in [0.25, 0.3) is 5.91 Å². The number of nitrogens with zero attached hydrogens (tertiary/aromatic N) is 2. The van der Waals surface area contributed by atoms with E-state index in [2.05, 4.69) is 15.5 Å². The fourth-order valence-electron chi connectivity index (χ4n) is 4.19. The Morgan fingerprint density at radius 2 is 2.04 bits per heavy atom. The van der Waals surface area contributed by atoms with Gasteiger partial charge in [0, 0.05) is 25.8 Å². The van der Waals surface area contributed by atoms with E-state index in [0.29, 0.717) is 13.0 Å². The van der Waals surface area contributed by atoms with Crippen molar-refractivity contribution in [1.29, 1.82) is 0 Å². The number of urea groups is 1. The van der Waals surface area contributed by atoms with Crippen LogP contribution in [0.2, 0.25) is 0 Å². The molecule has 0 unspecified atom stereocenters. The second-order valence-electron chi connectivity index (χ2n) is 7.90. The SMILES string of the molecule is C[C@H]1CCCC[C@]12NC(=O)N(CC(=O)NCCCN(C)c1ccccc1)C2=O. The summed E-state index contributed by atoms with van der Waals surface area (Å²) in [6.45, 7) is 3.09. The van der Waals surface area contributed by atoms with Crippen LogP contribution in [0.15, 0.2) is 30.3 Å². The highest BCUT2D eigenvalue weighted by molar-refractivity contribution is 6.09. The first kappa shape index (κ1) is 20.2. The normalized spacial score (nSPS) is 24.4. The van der Waals surface area contributed by atoms with Gasteiger partial charge in [0.05, 0.1) is 0 Å². The summed E-state index contributed by atoms with van der Waals surface area (Å²) >= 11 is 0. The van der Waals surface area contributed by atoms with E-state index in [0.717, 1.165) is 42.8 Å². The lowest BCUT2D eigenvalue weighted by Gasteiger charge is -2.36. The number of amides is 4. The molecule has 0 radical (unpaired) electrons. The van der Waals surface area contributed by atoms with Crippen LogP contribution in [0.25, 0.3) is 0 Å². The lowest BCUT2D eigenvalue weighted by Crippen LogP contribution is -2.54. The molecule has 7 heteroatoms. The quantitative estimate of drug-likeness (QED) is 0.556. The van der Waals surface area contributed by atoms with E-state index >= 15 is 0 Å². The van der Waals surface area contributed by atoms with Crippen LogP contribution in [-0.4, -0.2) is 55.0 Å². The third-order valence-electron chi connectivity index (χ3n) is 5.99. The van der Waals surface area contributed by atoms with Crippen LogP contribution in [0, 0.1) is 5.92 Å². The van der Waals surface area contributed by atoms with Crippen molar-refractivity contribution in [2.24, 2.45) is 5.92 Å². The number of hydrogen-bond donors (Lipinski definition) is 2. The Labute approximate surface area is 166 Å². The molecule has 1 aliphatic carbocycles. The molecule has 1 aromatic carbocycles. The smallest absolute Gasteiger partial charge is 0.325 e. The summed E-state index contributed by atoms with van der Waals surface area (Å²) in [6.07, 6.45) is 4.34. The zero-order chi connectivity index (χ0) is 20.1. The second kappa shape index (κ2) is 8.63. The minimum absolute atomic E-state index is 0.0966. The van der Waals surface area contributed by atoms with Crippen LogP contribution in [0.3, 0.4) is 0 Å². The van der Waals surface area contributed by atoms with Crippen molar-refractivity contribution in [2.75, 3.05) is 31.6 Å². The molecule has 28 heavy (non-hydrogen) atoms. The monoisotopic (exact) mass is 386 g/mol. The lowest BCUT2D eigenvalue weighted by molar-refractivity contribution is -0.137. The summed E-state index contributed by atoms with van der Waals surface area (Å²) < 4.78 is 0. The van der Waals surface area contributed by atoms with Crippen LogP contribution in [-0.2, 0) is 9.59 Å². The van der Waals surface area contributed by atoms with Gasteiger partial charge in [-0.15, -0.1) is 0 Å². The first-order valence-electron chi connectivity index (χ1n) is 10.1. The maximum atomic E-state index is 12.9. The van der Waals surface area contributed by atoms with Gasteiger partial charge < -0.3 is 15.5 Å². The van der Waals surface area contributed by atoms with Crippen molar-refractivity contribution in [1.82, 2.24) is 15.5 Å². The zero-order valence-electron chi connectivity index (χ0n) is 16.7. The fraction of sp³-hybridized carbons (Fsp3) is 0.571. The van der Waals surface area contributed by atoms with Gasteiger partial charge in [-0.05, 0) is 37.3 Å². The summed E-state index contributed by atoms with van der Waals surface area (Å²) in [4.78, 5) is 40.7. The zero-order valence-corrected chi connectivity index (χ0v) is 16.7. The van der Waals surface area contributed by atoms with E-state index in [4.69, 9.17) is 0 Å². The van der Waals surface area contributed by atoms with E-state index in [9.17, 15) is 14.4 Å². The molecule has 2 atom stereocenters. The van der Waals surface area contributed by atoms with E-state index in [1.165, 1.54) is 0 Å². The predicted molar refractivity (Wildman–Crippen MR) is 108 cm³/mol. The maximum absolute atomic E-state index is 12.9.